The van der Waals surface area contributed by atoms with Gasteiger partial charge in [-0.25, -0.2) is 4.79 Å². The first-order valence-corrected chi connectivity index (χ1v) is 8.53. The third kappa shape index (κ3) is 3.99. The Morgan fingerprint density at radius 1 is 1.04 bits per heavy atom. The summed E-state index contributed by atoms with van der Waals surface area (Å²) in [5.74, 6) is -0.555. The van der Waals surface area contributed by atoms with Crippen molar-refractivity contribution in [1.82, 2.24) is 0 Å². The van der Waals surface area contributed by atoms with Gasteiger partial charge in [-0.1, -0.05) is 25.1 Å². The van der Waals surface area contributed by atoms with Crippen molar-refractivity contribution in [2.45, 2.75) is 19.8 Å². The summed E-state index contributed by atoms with van der Waals surface area (Å²) in [4.78, 5) is 26.0. The van der Waals surface area contributed by atoms with Crippen molar-refractivity contribution in [1.29, 1.82) is 0 Å². The molecule has 3 rings (SSSR count). The summed E-state index contributed by atoms with van der Waals surface area (Å²) >= 11 is 0. The van der Waals surface area contributed by atoms with Crippen LogP contribution in [0.4, 0.5) is 11.4 Å². The van der Waals surface area contributed by atoms with Gasteiger partial charge in [0, 0.05) is 18.7 Å². The van der Waals surface area contributed by atoms with E-state index >= 15 is 0 Å². The summed E-state index contributed by atoms with van der Waals surface area (Å²) in [6.45, 7) is 4.05. The molecule has 0 saturated carbocycles. The molecule has 1 amide bonds. The molecule has 1 fully saturated rings. The Morgan fingerprint density at radius 2 is 1.72 bits per heavy atom. The summed E-state index contributed by atoms with van der Waals surface area (Å²) in [7, 11) is 0. The van der Waals surface area contributed by atoms with Crippen LogP contribution in [0, 0.1) is 5.92 Å². The van der Waals surface area contributed by atoms with E-state index in [1.807, 2.05) is 6.07 Å². The first kappa shape index (κ1) is 17.0. The number of nitrogens with zero attached hydrogens (tertiary/aromatic N) is 1. The van der Waals surface area contributed by atoms with Gasteiger partial charge in [-0.05, 0) is 49.1 Å². The molecule has 1 saturated heterocycles. The molecule has 2 aromatic carbocycles. The molecular weight excluding hydrogens is 316 g/mol. The fourth-order valence-corrected chi connectivity index (χ4v) is 3.08. The summed E-state index contributed by atoms with van der Waals surface area (Å²) < 4.78 is 0. The molecule has 130 valence electrons. The van der Waals surface area contributed by atoms with Gasteiger partial charge in [0.2, 0.25) is 0 Å². The molecule has 25 heavy (non-hydrogen) atoms. The minimum atomic E-state index is -1.01. The zero-order chi connectivity index (χ0) is 17.8. The zero-order valence-corrected chi connectivity index (χ0v) is 14.2. The normalized spacial score (nSPS) is 15.0. The Hall–Kier alpha value is -2.82. The first-order chi connectivity index (χ1) is 12.0. The lowest BCUT2D eigenvalue weighted by atomic mass is 9.98. The highest BCUT2D eigenvalue weighted by Gasteiger charge is 2.20. The number of hydrogen-bond acceptors (Lipinski definition) is 3. The Morgan fingerprint density at radius 3 is 2.36 bits per heavy atom. The van der Waals surface area contributed by atoms with Gasteiger partial charge in [0.05, 0.1) is 16.9 Å². The van der Waals surface area contributed by atoms with Crippen molar-refractivity contribution in [2.75, 3.05) is 23.3 Å². The summed E-state index contributed by atoms with van der Waals surface area (Å²) in [5, 5.41) is 12.2. The zero-order valence-electron chi connectivity index (χ0n) is 14.2. The summed E-state index contributed by atoms with van der Waals surface area (Å²) in [5.41, 5.74) is 2.13. The van der Waals surface area contributed by atoms with Crippen LogP contribution in [-0.2, 0) is 0 Å². The highest BCUT2D eigenvalue weighted by Crippen LogP contribution is 2.31. The van der Waals surface area contributed by atoms with Crippen molar-refractivity contribution < 1.29 is 14.7 Å². The number of rotatable bonds is 4. The second-order valence-electron chi connectivity index (χ2n) is 6.53. The summed E-state index contributed by atoms with van der Waals surface area (Å²) in [6.07, 6.45) is 2.18. The molecule has 0 aliphatic carbocycles. The van der Waals surface area contributed by atoms with E-state index in [0.29, 0.717) is 17.2 Å². The van der Waals surface area contributed by atoms with Crippen LogP contribution in [0.25, 0.3) is 0 Å². The Labute approximate surface area is 147 Å². The number of aromatic carboxylic acids is 1. The van der Waals surface area contributed by atoms with Gasteiger partial charge in [0.15, 0.2) is 0 Å². The molecule has 1 aliphatic heterocycles. The predicted molar refractivity (Wildman–Crippen MR) is 98.4 cm³/mol. The number of piperidine rings is 1. The van der Waals surface area contributed by atoms with Crippen molar-refractivity contribution in [2.24, 2.45) is 5.92 Å². The number of benzene rings is 2. The number of carbonyl (C=O) groups excluding carboxylic acids is 1. The number of amides is 1. The van der Waals surface area contributed by atoms with Crippen LogP contribution in [0.1, 0.15) is 40.5 Å². The number of carboxylic acids is 1. The van der Waals surface area contributed by atoms with Crippen molar-refractivity contribution in [3.63, 3.8) is 0 Å². The number of anilines is 2. The minimum Gasteiger partial charge on any atom is -0.478 e. The van der Waals surface area contributed by atoms with Crippen LogP contribution >= 0.6 is 0 Å². The largest absolute Gasteiger partial charge is 0.478 e. The lowest BCUT2D eigenvalue weighted by Crippen LogP contribution is -2.33. The van der Waals surface area contributed by atoms with Gasteiger partial charge in [0.1, 0.15) is 0 Å². The molecule has 0 bridgehead atoms. The van der Waals surface area contributed by atoms with E-state index in [-0.39, 0.29) is 11.5 Å². The molecule has 5 heteroatoms. The van der Waals surface area contributed by atoms with Gasteiger partial charge >= 0.3 is 5.97 Å². The Kier molecular flexibility index (Phi) is 5.03. The van der Waals surface area contributed by atoms with Crippen LogP contribution in [0.5, 0.6) is 0 Å². The van der Waals surface area contributed by atoms with Crippen molar-refractivity contribution >= 4 is 23.3 Å². The summed E-state index contributed by atoms with van der Waals surface area (Å²) in [6, 6.07) is 13.8. The van der Waals surface area contributed by atoms with Gasteiger partial charge < -0.3 is 15.3 Å². The SMILES string of the molecule is CC1CCN(c2ccc(C(=O)O)cc2NC(=O)c2ccccc2)CC1. The van der Waals surface area contributed by atoms with Crippen LogP contribution in [-0.4, -0.2) is 30.1 Å². The monoisotopic (exact) mass is 338 g/mol. The molecule has 0 radical (unpaired) electrons. The maximum atomic E-state index is 12.5. The second-order valence-corrected chi connectivity index (χ2v) is 6.53. The van der Waals surface area contributed by atoms with E-state index in [1.54, 1.807) is 36.4 Å². The Bertz CT molecular complexity index is 766. The van der Waals surface area contributed by atoms with E-state index in [1.165, 1.54) is 6.07 Å². The van der Waals surface area contributed by atoms with E-state index in [0.717, 1.165) is 31.6 Å². The van der Waals surface area contributed by atoms with Gasteiger partial charge in [-0.15, -0.1) is 0 Å². The lowest BCUT2D eigenvalue weighted by Gasteiger charge is -2.33. The van der Waals surface area contributed by atoms with Gasteiger partial charge in [-0.3, -0.25) is 4.79 Å². The molecule has 1 aliphatic rings. The number of hydrogen-bond donors (Lipinski definition) is 2. The standard InChI is InChI=1S/C20H22N2O3/c1-14-9-11-22(12-10-14)18-8-7-16(20(24)25)13-17(18)21-19(23)15-5-3-2-4-6-15/h2-8,13-14H,9-12H2,1H3,(H,21,23)(H,24,25). The van der Waals surface area contributed by atoms with Gasteiger partial charge in [-0.2, -0.15) is 0 Å². The van der Waals surface area contributed by atoms with Crippen LogP contribution in [0.3, 0.4) is 0 Å². The van der Waals surface area contributed by atoms with Crippen molar-refractivity contribution in [3.8, 4) is 0 Å². The maximum absolute atomic E-state index is 12.5. The van der Waals surface area contributed by atoms with E-state index in [4.69, 9.17) is 0 Å². The molecule has 0 aromatic heterocycles. The molecule has 5 nitrogen and oxygen atoms in total. The van der Waals surface area contributed by atoms with Crippen LogP contribution in [0.15, 0.2) is 48.5 Å². The molecular formula is C20H22N2O3. The quantitative estimate of drug-likeness (QED) is 0.888. The number of nitrogens with one attached hydrogen (secondary N) is 1. The van der Waals surface area contributed by atoms with Crippen LogP contribution < -0.4 is 10.2 Å². The maximum Gasteiger partial charge on any atom is 0.335 e. The number of carboxylic acid groups (broad SMARTS) is 1. The third-order valence-electron chi connectivity index (χ3n) is 4.65. The molecule has 1 heterocycles. The highest BCUT2D eigenvalue weighted by molar-refractivity contribution is 6.06. The topological polar surface area (TPSA) is 69.6 Å². The first-order valence-electron chi connectivity index (χ1n) is 8.53. The second kappa shape index (κ2) is 7.38. The van der Waals surface area contributed by atoms with Crippen LogP contribution in [0.2, 0.25) is 0 Å². The van der Waals surface area contributed by atoms with E-state index in [2.05, 4.69) is 17.1 Å². The number of carbonyl (C=O) groups is 2. The van der Waals surface area contributed by atoms with Crippen molar-refractivity contribution in [3.05, 3.63) is 59.7 Å². The average molecular weight is 338 g/mol. The molecule has 2 N–H and O–H groups in total. The minimum absolute atomic E-state index is 0.164. The average Bonchev–Trinajstić information content (AvgIpc) is 2.63. The Balaban J connectivity index is 1.90. The van der Waals surface area contributed by atoms with E-state index < -0.39 is 5.97 Å². The fourth-order valence-electron chi connectivity index (χ4n) is 3.08. The third-order valence-corrected chi connectivity index (χ3v) is 4.65. The van der Waals surface area contributed by atoms with E-state index in [9.17, 15) is 14.7 Å². The van der Waals surface area contributed by atoms with Gasteiger partial charge in [0.25, 0.3) is 5.91 Å². The fraction of sp³-hybridized carbons (Fsp3) is 0.300. The molecule has 0 atom stereocenters. The molecule has 2 aromatic rings. The lowest BCUT2D eigenvalue weighted by molar-refractivity contribution is 0.0696. The molecule has 0 spiro atoms. The highest BCUT2D eigenvalue weighted by atomic mass is 16.4. The predicted octanol–water partition coefficient (Wildman–Crippen LogP) is 3.87. The smallest absolute Gasteiger partial charge is 0.335 e. The molecule has 0 unspecified atom stereocenters.